The first-order chi connectivity index (χ1) is 10.1. The summed E-state index contributed by atoms with van der Waals surface area (Å²) >= 11 is 5.78. The molecule has 0 atom stereocenters. The van der Waals surface area contributed by atoms with Crippen LogP contribution in [-0.4, -0.2) is 38.1 Å². The highest BCUT2D eigenvalue weighted by Gasteiger charge is 2.17. The minimum atomic E-state index is -0.370. The number of nitrogens with one attached hydrogen (secondary N) is 4. The summed E-state index contributed by atoms with van der Waals surface area (Å²) < 4.78 is 0. The maximum absolute atomic E-state index is 11.6. The van der Waals surface area contributed by atoms with Crippen LogP contribution in [0.4, 0.5) is 4.79 Å². The van der Waals surface area contributed by atoms with Crippen LogP contribution in [0.2, 0.25) is 5.02 Å². The Morgan fingerprint density at radius 2 is 1.86 bits per heavy atom. The van der Waals surface area contributed by atoms with E-state index >= 15 is 0 Å². The van der Waals surface area contributed by atoms with Crippen LogP contribution in [0.5, 0.6) is 0 Å². The van der Waals surface area contributed by atoms with Crippen molar-refractivity contribution < 1.29 is 9.59 Å². The molecule has 3 amide bonds. The summed E-state index contributed by atoms with van der Waals surface area (Å²) in [6, 6.07) is 6.83. The fourth-order valence-corrected chi connectivity index (χ4v) is 1.95. The maximum Gasteiger partial charge on any atom is 0.315 e. The first kappa shape index (κ1) is 15.6. The number of urea groups is 1. The third kappa shape index (κ3) is 5.61. The van der Waals surface area contributed by atoms with E-state index in [2.05, 4.69) is 21.3 Å². The molecule has 1 fully saturated rings. The summed E-state index contributed by atoms with van der Waals surface area (Å²) in [6.45, 7) is 2.90. The summed E-state index contributed by atoms with van der Waals surface area (Å²) in [5, 5.41) is 11.8. The number of amides is 3. The fraction of sp³-hybridized carbons (Fsp3) is 0.429. The molecule has 7 heteroatoms. The third-order valence-corrected chi connectivity index (χ3v) is 3.48. The van der Waals surface area contributed by atoms with Gasteiger partial charge < -0.3 is 21.3 Å². The largest absolute Gasteiger partial charge is 0.354 e. The molecule has 1 aromatic rings. The quantitative estimate of drug-likeness (QED) is 0.617. The molecule has 0 aliphatic carbocycles. The van der Waals surface area contributed by atoms with Gasteiger partial charge in [-0.25, -0.2) is 4.79 Å². The Kier molecular flexibility index (Phi) is 5.83. The van der Waals surface area contributed by atoms with Crippen molar-refractivity contribution in [2.45, 2.75) is 6.54 Å². The van der Waals surface area contributed by atoms with E-state index < -0.39 is 0 Å². The molecule has 1 aromatic carbocycles. The van der Waals surface area contributed by atoms with Crippen LogP contribution in [0.3, 0.4) is 0 Å². The number of rotatable bonds is 6. The molecule has 0 saturated carbocycles. The zero-order valence-corrected chi connectivity index (χ0v) is 12.4. The molecular weight excluding hydrogens is 292 g/mol. The molecule has 1 aliphatic heterocycles. The van der Waals surface area contributed by atoms with Crippen LogP contribution >= 0.6 is 11.6 Å². The van der Waals surface area contributed by atoms with Crippen molar-refractivity contribution in [2.75, 3.05) is 26.2 Å². The lowest BCUT2D eigenvalue weighted by Gasteiger charge is -2.27. The monoisotopic (exact) mass is 310 g/mol. The van der Waals surface area contributed by atoms with E-state index in [1.54, 1.807) is 12.1 Å². The van der Waals surface area contributed by atoms with Gasteiger partial charge in [0.05, 0.1) is 6.54 Å². The molecule has 0 bridgehead atoms. The fourth-order valence-electron chi connectivity index (χ4n) is 1.82. The van der Waals surface area contributed by atoms with Crippen molar-refractivity contribution in [3.63, 3.8) is 0 Å². The van der Waals surface area contributed by atoms with E-state index in [0.29, 0.717) is 24.0 Å². The van der Waals surface area contributed by atoms with Gasteiger partial charge in [0.1, 0.15) is 0 Å². The highest BCUT2D eigenvalue weighted by Crippen LogP contribution is 2.08. The minimum Gasteiger partial charge on any atom is -0.354 e. The zero-order valence-electron chi connectivity index (χ0n) is 11.6. The molecule has 0 aromatic heterocycles. The first-order valence-corrected chi connectivity index (χ1v) is 7.25. The van der Waals surface area contributed by atoms with E-state index in [1.165, 1.54) is 0 Å². The van der Waals surface area contributed by atoms with Gasteiger partial charge >= 0.3 is 6.03 Å². The molecule has 0 unspecified atom stereocenters. The van der Waals surface area contributed by atoms with Gasteiger partial charge in [-0.2, -0.15) is 0 Å². The van der Waals surface area contributed by atoms with Crippen LogP contribution in [-0.2, 0) is 11.3 Å². The van der Waals surface area contributed by atoms with Crippen molar-refractivity contribution in [3.8, 4) is 0 Å². The second kappa shape index (κ2) is 7.85. The normalized spacial score (nSPS) is 14.1. The van der Waals surface area contributed by atoms with Gasteiger partial charge in [0, 0.05) is 37.1 Å². The van der Waals surface area contributed by atoms with Gasteiger partial charge in [0.15, 0.2) is 0 Å². The average molecular weight is 311 g/mol. The van der Waals surface area contributed by atoms with E-state index in [1.807, 2.05) is 12.1 Å². The predicted octanol–water partition coefficient (Wildman–Crippen LogP) is 0.475. The lowest BCUT2D eigenvalue weighted by atomic mass is 10.0. The summed E-state index contributed by atoms with van der Waals surface area (Å²) in [5.74, 6) is 0.330. The number of halogens is 1. The van der Waals surface area contributed by atoms with Crippen LogP contribution in [0.25, 0.3) is 0 Å². The molecule has 0 radical (unpaired) electrons. The number of hydrogen-bond acceptors (Lipinski definition) is 3. The van der Waals surface area contributed by atoms with E-state index in [0.717, 1.165) is 18.7 Å². The Bertz CT molecular complexity index is 488. The molecule has 1 heterocycles. The molecule has 4 N–H and O–H groups in total. The van der Waals surface area contributed by atoms with Gasteiger partial charge in [0.25, 0.3) is 0 Å². The smallest absolute Gasteiger partial charge is 0.315 e. The Labute approximate surface area is 128 Å². The van der Waals surface area contributed by atoms with Crippen LogP contribution < -0.4 is 21.3 Å². The van der Waals surface area contributed by atoms with Crippen molar-refractivity contribution in [2.24, 2.45) is 5.92 Å². The van der Waals surface area contributed by atoms with Crippen LogP contribution in [0.1, 0.15) is 5.56 Å². The maximum atomic E-state index is 11.6. The van der Waals surface area contributed by atoms with Gasteiger partial charge in [-0.3, -0.25) is 4.79 Å². The molecule has 21 heavy (non-hydrogen) atoms. The number of benzene rings is 1. The van der Waals surface area contributed by atoms with Crippen molar-refractivity contribution in [1.29, 1.82) is 0 Å². The number of carbonyl (C=O) groups is 2. The van der Waals surface area contributed by atoms with E-state index in [4.69, 9.17) is 11.6 Å². The van der Waals surface area contributed by atoms with Gasteiger partial charge in [-0.1, -0.05) is 23.7 Å². The van der Waals surface area contributed by atoms with Gasteiger partial charge in [0.2, 0.25) is 5.91 Å². The molecule has 6 nitrogen and oxygen atoms in total. The van der Waals surface area contributed by atoms with E-state index in [9.17, 15) is 9.59 Å². The summed E-state index contributed by atoms with van der Waals surface area (Å²) in [5.41, 5.74) is 0.941. The van der Waals surface area contributed by atoms with Crippen molar-refractivity contribution >= 4 is 23.5 Å². The Morgan fingerprint density at radius 3 is 2.48 bits per heavy atom. The summed E-state index contributed by atoms with van der Waals surface area (Å²) in [4.78, 5) is 23.1. The topological polar surface area (TPSA) is 82.3 Å². The lowest BCUT2D eigenvalue weighted by Crippen LogP contribution is -2.49. The third-order valence-electron chi connectivity index (χ3n) is 3.23. The first-order valence-electron chi connectivity index (χ1n) is 6.87. The highest BCUT2D eigenvalue weighted by atomic mass is 35.5. The second-order valence-electron chi connectivity index (χ2n) is 4.99. The number of hydrogen-bond donors (Lipinski definition) is 4. The Hall–Kier alpha value is -1.79. The lowest BCUT2D eigenvalue weighted by molar-refractivity contribution is -0.120. The molecule has 114 valence electrons. The molecule has 1 saturated heterocycles. The van der Waals surface area contributed by atoms with E-state index in [-0.39, 0.29) is 18.5 Å². The molecule has 0 spiro atoms. The predicted molar refractivity (Wildman–Crippen MR) is 81.1 cm³/mol. The zero-order chi connectivity index (χ0) is 15.1. The van der Waals surface area contributed by atoms with Crippen LogP contribution in [0, 0.1) is 5.92 Å². The Morgan fingerprint density at radius 1 is 1.14 bits per heavy atom. The van der Waals surface area contributed by atoms with Gasteiger partial charge in [-0.05, 0) is 17.7 Å². The van der Waals surface area contributed by atoms with Crippen LogP contribution in [0.15, 0.2) is 24.3 Å². The summed E-state index contributed by atoms with van der Waals surface area (Å²) in [7, 11) is 0. The standard InChI is InChI=1S/C14H19ClN4O2/c15-12-3-1-10(2-4-12)7-18-14(21)19-9-13(20)17-8-11-5-16-6-11/h1-4,11,16H,5-9H2,(H,17,20)(H2,18,19,21). The summed E-state index contributed by atoms with van der Waals surface area (Å²) in [6.07, 6.45) is 0. The number of carbonyl (C=O) groups excluding carboxylic acids is 2. The SMILES string of the molecule is O=C(CNC(=O)NCc1ccc(Cl)cc1)NCC1CNC1. The molecular formula is C14H19ClN4O2. The highest BCUT2D eigenvalue weighted by molar-refractivity contribution is 6.30. The Balaban J connectivity index is 1.58. The van der Waals surface area contributed by atoms with Crippen molar-refractivity contribution in [3.05, 3.63) is 34.9 Å². The molecule has 1 aliphatic rings. The second-order valence-corrected chi connectivity index (χ2v) is 5.43. The van der Waals surface area contributed by atoms with Crippen molar-refractivity contribution in [1.82, 2.24) is 21.3 Å². The molecule has 2 rings (SSSR count). The minimum absolute atomic E-state index is 0.0212. The van der Waals surface area contributed by atoms with Gasteiger partial charge in [-0.15, -0.1) is 0 Å². The average Bonchev–Trinajstić information content (AvgIpc) is 2.43.